The number of anilines is 1. The largest absolute Gasteiger partial charge is 0.481 e. The van der Waals surface area contributed by atoms with Crippen molar-refractivity contribution in [1.82, 2.24) is 5.32 Å². The minimum Gasteiger partial charge on any atom is -0.481 e. The molecule has 5 heteroatoms. The average molecular weight is 397 g/mol. The van der Waals surface area contributed by atoms with Crippen LogP contribution in [0.1, 0.15) is 63.4 Å². The van der Waals surface area contributed by atoms with Gasteiger partial charge < -0.3 is 15.4 Å². The first-order valence-electron chi connectivity index (χ1n) is 10.2. The predicted octanol–water partition coefficient (Wildman–Crippen LogP) is 4.92. The Bertz CT molecular complexity index is 823. The second kappa shape index (κ2) is 10.1. The first kappa shape index (κ1) is 22.5. The molecule has 2 amide bonds. The zero-order valence-electron chi connectivity index (χ0n) is 18.0. The van der Waals surface area contributed by atoms with E-state index >= 15 is 0 Å². The molecule has 0 radical (unpaired) electrons. The number of rotatable bonds is 8. The first-order chi connectivity index (χ1) is 13.8. The summed E-state index contributed by atoms with van der Waals surface area (Å²) in [6.45, 7) is 10.9. The molecule has 0 unspecified atom stereocenters. The lowest BCUT2D eigenvalue weighted by molar-refractivity contribution is -0.122. The summed E-state index contributed by atoms with van der Waals surface area (Å²) in [5.74, 6) is 0.173. The quantitative estimate of drug-likeness (QED) is 0.665. The van der Waals surface area contributed by atoms with Crippen molar-refractivity contribution in [2.45, 2.75) is 59.0 Å². The van der Waals surface area contributed by atoms with Crippen molar-refractivity contribution in [3.8, 4) is 5.75 Å². The molecule has 29 heavy (non-hydrogen) atoms. The molecule has 0 fully saturated rings. The average Bonchev–Trinajstić information content (AvgIpc) is 2.70. The van der Waals surface area contributed by atoms with Gasteiger partial charge in [-0.3, -0.25) is 9.59 Å². The number of amides is 2. The van der Waals surface area contributed by atoms with Gasteiger partial charge in [-0.05, 0) is 48.1 Å². The molecule has 1 atom stereocenters. The summed E-state index contributed by atoms with van der Waals surface area (Å²) >= 11 is 0. The Balaban J connectivity index is 2.10. The molecule has 0 saturated heterocycles. The highest BCUT2D eigenvalue weighted by Gasteiger charge is 2.21. The highest BCUT2D eigenvalue weighted by molar-refractivity contribution is 6.04. The van der Waals surface area contributed by atoms with Crippen molar-refractivity contribution in [3.05, 3.63) is 59.7 Å². The van der Waals surface area contributed by atoms with Crippen LogP contribution in [0.3, 0.4) is 0 Å². The Kier molecular flexibility index (Phi) is 7.82. The third-order valence-corrected chi connectivity index (χ3v) is 4.63. The molecule has 0 aromatic heterocycles. The van der Waals surface area contributed by atoms with E-state index < -0.39 is 6.10 Å². The molecule has 0 aliphatic heterocycles. The SMILES string of the molecule is CCCNC(=O)c1ccccc1NC(=O)[C@@H](CC)Oc1ccc(C(C)(C)C)cc1. The summed E-state index contributed by atoms with van der Waals surface area (Å²) in [7, 11) is 0. The maximum Gasteiger partial charge on any atom is 0.265 e. The molecule has 2 N–H and O–H groups in total. The van der Waals surface area contributed by atoms with Gasteiger partial charge in [0.1, 0.15) is 5.75 Å². The third-order valence-electron chi connectivity index (χ3n) is 4.63. The van der Waals surface area contributed by atoms with E-state index in [0.29, 0.717) is 30.0 Å². The fraction of sp³-hybridized carbons (Fsp3) is 0.417. The van der Waals surface area contributed by atoms with Crippen molar-refractivity contribution >= 4 is 17.5 Å². The van der Waals surface area contributed by atoms with Gasteiger partial charge in [-0.1, -0.05) is 58.9 Å². The molecule has 0 bridgehead atoms. The van der Waals surface area contributed by atoms with Gasteiger partial charge >= 0.3 is 0 Å². The van der Waals surface area contributed by atoms with Crippen LogP contribution in [0.15, 0.2) is 48.5 Å². The predicted molar refractivity (Wildman–Crippen MR) is 118 cm³/mol. The fourth-order valence-corrected chi connectivity index (χ4v) is 2.86. The van der Waals surface area contributed by atoms with E-state index in [9.17, 15) is 9.59 Å². The van der Waals surface area contributed by atoms with Gasteiger partial charge in [-0.2, -0.15) is 0 Å². The Labute approximate surface area is 173 Å². The zero-order chi connectivity index (χ0) is 21.4. The minimum atomic E-state index is -0.651. The van der Waals surface area contributed by atoms with Crippen LogP contribution in [-0.2, 0) is 10.2 Å². The van der Waals surface area contributed by atoms with Gasteiger partial charge in [0.2, 0.25) is 0 Å². The number of nitrogens with one attached hydrogen (secondary N) is 2. The van der Waals surface area contributed by atoms with Crippen molar-refractivity contribution in [1.29, 1.82) is 0 Å². The third kappa shape index (κ3) is 6.34. The molecule has 0 spiro atoms. The van der Waals surface area contributed by atoms with Crippen LogP contribution in [0.25, 0.3) is 0 Å². The number of ether oxygens (including phenoxy) is 1. The molecule has 2 aromatic carbocycles. The second-order valence-corrected chi connectivity index (χ2v) is 8.08. The minimum absolute atomic E-state index is 0.0577. The molecular formula is C24H32N2O3. The Morgan fingerprint density at radius 2 is 1.66 bits per heavy atom. The van der Waals surface area contributed by atoms with Crippen molar-refractivity contribution in [2.75, 3.05) is 11.9 Å². The molecule has 0 aliphatic rings. The molecule has 5 nitrogen and oxygen atoms in total. The van der Waals surface area contributed by atoms with Gasteiger partial charge in [0.05, 0.1) is 11.3 Å². The monoisotopic (exact) mass is 396 g/mol. The lowest BCUT2D eigenvalue weighted by Gasteiger charge is -2.21. The number of hydrogen-bond acceptors (Lipinski definition) is 3. The standard InChI is InChI=1S/C24H32N2O3/c1-6-16-25-22(27)19-10-8-9-11-20(19)26-23(28)21(7-2)29-18-14-12-17(13-15-18)24(3,4)5/h8-15,21H,6-7,16H2,1-5H3,(H,25,27)(H,26,28)/t21-/m1/s1. The van der Waals surface area contributed by atoms with Crippen LogP contribution in [0.5, 0.6) is 5.75 Å². The van der Waals surface area contributed by atoms with Gasteiger partial charge in [-0.15, -0.1) is 0 Å². The van der Waals surface area contributed by atoms with Gasteiger partial charge in [0.25, 0.3) is 11.8 Å². The Hall–Kier alpha value is -2.82. The smallest absolute Gasteiger partial charge is 0.265 e. The zero-order valence-corrected chi connectivity index (χ0v) is 18.0. The summed E-state index contributed by atoms with van der Waals surface area (Å²) in [6, 6.07) is 14.8. The molecule has 2 rings (SSSR count). The van der Waals surface area contributed by atoms with Crippen LogP contribution in [-0.4, -0.2) is 24.5 Å². The summed E-state index contributed by atoms with van der Waals surface area (Å²) < 4.78 is 5.92. The maximum absolute atomic E-state index is 12.8. The van der Waals surface area contributed by atoms with Crippen LogP contribution in [0.4, 0.5) is 5.69 Å². The topological polar surface area (TPSA) is 67.4 Å². The second-order valence-electron chi connectivity index (χ2n) is 8.08. The lowest BCUT2D eigenvalue weighted by atomic mass is 9.87. The number of benzene rings is 2. The lowest BCUT2D eigenvalue weighted by Crippen LogP contribution is -2.33. The van der Waals surface area contributed by atoms with Crippen LogP contribution in [0, 0.1) is 0 Å². The summed E-state index contributed by atoms with van der Waals surface area (Å²) in [4.78, 5) is 25.2. The van der Waals surface area contributed by atoms with E-state index in [0.717, 1.165) is 6.42 Å². The highest BCUT2D eigenvalue weighted by Crippen LogP contribution is 2.25. The Morgan fingerprint density at radius 1 is 1.00 bits per heavy atom. The van der Waals surface area contributed by atoms with E-state index in [1.807, 2.05) is 38.1 Å². The van der Waals surface area contributed by atoms with E-state index in [-0.39, 0.29) is 17.2 Å². The van der Waals surface area contributed by atoms with Gasteiger partial charge in [0, 0.05) is 6.54 Å². The van der Waals surface area contributed by atoms with Crippen molar-refractivity contribution in [2.24, 2.45) is 0 Å². The van der Waals surface area contributed by atoms with Crippen LogP contribution >= 0.6 is 0 Å². The number of carbonyl (C=O) groups excluding carboxylic acids is 2. The highest BCUT2D eigenvalue weighted by atomic mass is 16.5. The van der Waals surface area contributed by atoms with E-state index in [4.69, 9.17) is 4.74 Å². The molecule has 156 valence electrons. The molecule has 0 saturated carbocycles. The summed E-state index contributed by atoms with van der Waals surface area (Å²) in [5.41, 5.74) is 2.19. The summed E-state index contributed by atoms with van der Waals surface area (Å²) in [5, 5.41) is 5.69. The number of hydrogen-bond donors (Lipinski definition) is 2. The van der Waals surface area contributed by atoms with E-state index in [1.54, 1.807) is 24.3 Å². The van der Waals surface area contributed by atoms with E-state index in [1.165, 1.54) is 5.56 Å². The molecule has 0 heterocycles. The van der Waals surface area contributed by atoms with E-state index in [2.05, 4.69) is 31.4 Å². The maximum atomic E-state index is 12.8. The fourth-order valence-electron chi connectivity index (χ4n) is 2.86. The van der Waals surface area contributed by atoms with Crippen molar-refractivity contribution in [3.63, 3.8) is 0 Å². The molecule has 2 aromatic rings. The Morgan fingerprint density at radius 3 is 2.24 bits per heavy atom. The number of para-hydroxylation sites is 1. The first-order valence-corrected chi connectivity index (χ1v) is 10.2. The van der Waals surface area contributed by atoms with Crippen LogP contribution in [0.2, 0.25) is 0 Å². The normalized spacial score (nSPS) is 12.2. The number of carbonyl (C=O) groups is 2. The van der Waals surface area contributed by atoms with Crippen molar-refractivity contribution < 1.29 is 14.3 Å². The molecular weight excluding hydrogens is 364 g/mol. The van der Waals surface area contributed by atoms with Crippen LogP contribution < -0.4 is 15.4 Å². The van der Waals surface area contributed by atoms with Gasteiger partial charge in [0.15, 0.2) is 6.10 Å². The molecule has 0 aliphatic carbocycles. The summed E-state index contributed by atoms with van der Waals surface area (Å²) in [6.07, 6.45) is 0.708. The van der Waals surface area contributed by atoms with Gasteiger partial charge in [-0.25, -0.2) is 0 Å².